The molecule has 1 N–H and O–H groups in total. The van der Waals surface area contributed by atoms with Crippen LogP contribution in [0, 0.1) is 0 Å². The minimum absolute atomic E-state index is 0.127. The molecule has 2 aromatic carbocycles. The average molecular weight is 382 g/mol. The summed E-state index contributed by atoms with van der Waals surface area (Å²) in [5, 5.41) is 4.07. The number of alkyl halides is 3. The third-order valence-electron chi connectivity index (χ3n) is 3.90. The molecular formula is C20H13F3N4O. The lowest BCUT2D eigenvalue weighted by Gasteiger charge is -2.10. The number of fused-ring (bicyclic) bond motifs is 1. The Morgan fingerprint density at radius 3 is 2.39 bits per heavy atom. The Morgan fingerprint density at radius 2 is 1.61 bits per heavy atom. The van der Waals surface area contributed by atoms with Crippen LogP contribution in [0.2, 0.25) is 0 Å². The predicted molar refractivity (Wildman–Crippen MR) is 98.6 cm³/mol. The van der Waals surface area contributed by atoms with Gasteiger partial charge < -0.3 is 10.1 Å². The van der Waals surface area contributed by atoms with E-state index in [1.54, 1.807) is 24.3 Å². The highest BCUT2D eigenvalue weighted by atomic mass is 19.4. The summed E-state index contributed by atoms with van der Waals surface area (Å²) in [6.45, 7) is 0. The molecule has 0 saturated heterocycles. The summed E-state index contributed by atoms with van der Waals surface area (Å²) in [5.74, 6) is 0.890. The summed E-state index contributed by atoms with van der Waals surface area (Å²) in [7, 11) is 0. The first kappa shape index (κ1) is 17.7. The predicted octanol–water partition coefficient (Wildman–Crippen LogP) is 5.58. The average Bonchev–Trinajstić information content (AvgIpc) is 2.69. The van der Waals surface area contributed by atoms with E-state index in [4.69, 9.17) is 4.74 Å². The largest absolute Gasteiger partial charge is 0.439 e. The molecule has 2 aromatic heterocycles. The number of hydrogen-bond acceptors (Lipinski definition) is 5. The zero-order chi connectivity index (χ0) is 19.6. The highest BCUT2D eigenvalue weighted by Crippen LogP contribution is 2.30. The van der Waals surface area contributed by atoms with E-state index < -0.39 is 11.9 Å². The first-order valence-corrected chi connectivity index (χ1v) is 8.28. The summed E-state index contributed by atoms with van der Waals surface area (Å²) in [6.07, 6.45) is -3.05. The van der Waals surface area contributed by atoms with Gasteiger partial charge in [-0.05, 0) is 42.5 Å². The molecule has 0 saturated carbocycles. The summed E-state index contributed by atoms with van der Waals surface area (Å²) < 4.78 is 43.6. The molecule has 0 atom stereocenters. The molecule has 0 bridgehead atoms. The number of benzene rings is 2. The quantitative estimate of drug-likeness (QED) is 0.499. The van der Waals surface area contributed by atoms with Gasteiger partial charge in [-0.25, -0.2) is 15.0 Å². The second-order valence-corrected chi connectivity index (χ2v) is 5.85. The summed E-state index contributed by atoms with van der Waals surface area (Å²) in [6, 6.07) is 17.8. The minimum atomic E-state index is -4.52. The van der Waals surface area contributed by atoms with Gasteiger partial charge in [-0.2, -0.15) is 13.2 Å². The van der Waals surface area contributed by atoms with Crippen LogP contribution < -0.4 is 10.1 Å². The molecule has 0 aliphatic carbocycles. The lowest BCUT2D eigenvalue weighted by Crippen LogP contribution is -2.07. The SMILES string of the molecule is FC(F)(F)c1cccc(Oc2ccc(Nc3ncnc4ccccc34)cc2)n1. The zero-order valence-corrected chi connectivity index (χ0v) is 14.3. The summed E-state index contributed by atoms with van der Waals surface area (Å²) >= 11 is 0. The van der Waals surface area contributed by atoms with E-state index in [2.05, 4.69) is 20.3 Å². The number of nitrogens with zero attached hydrogens (tertiary/aromatic N) is 3. The molecule has 0 radical (unpaired) electrons. The van der Waals surface area contributed by atoms with Gasteiger partial charge >= 0.3 is 6.18 Å². The highest BCUT2D eigenvalue weighted by molar-refractivity contribution is 5.90. The van der Waals surface area contributed by atoms with E-state index in [9.17, 15) is 13.2 Å². The normalized spacial score (nSPS) is 11.4. The molecule has 0 amide bonds. The fraction of sp³-hybridized carbons (Fsp3) is 0.0500. The number of halogens is 3. The molecule has 8 heteroatoms. The molecule has 140 valence electrons. The van der Waals surface area contributed by atoms with Crippen LogP contribution in [0.25, 0.3) is 10.9 Å². The van der Waals surface area contributed by atoms with Gasteiger partial charge in [0, 0.05) is 17.1 Å². The van der Waals surface area contributed by atoms with E-state index in [0.717, 1.165) is 22.7 Å². The fourth-order valence-corrected chi connectivity index (χ4v) is 2.60. The van der Waals surface area contributed by atoms with Crippen LogP contribution in [-0.2, 0) is 6.18 Å². The van der Waals surface area contributed by atoms with E-state index >= 15 is 0 Å². The van der Waals surface area contributed by atoms with Crippen molar-refractivity contribution in [3.8, 4) is 11.6 Å². The Hall–Kier alpha value is -3.68. The summed E-state index contributed by atoms with van der Waals surface area (Å²) in [5.41, 5.74) is 0.558. The monoisotopic (exact) mass is 382 g/mol. The topological polar surface area (TPSA) is 59.9 Å². The number of nitrogens with one attached hydrogen (secondary N) is 1. The standard InChI is InChI=1S/C20H13F3N4O/c21-20(22,23)17-6-3-7-18(27-17)28-14-10-8-13(9-11-14)26-19-15-4-1-2-5-16(15)24-12-25-19/h1-12H,(H,24,25,26). The second kappa shape index (κ2) is 7.15. The number of para-hydroxylation sites is 1. The highest BCUT2D eigenvalue weighted by Gasteiger charge is 2.32. The third kappa shape index (κ3) is 3.85. The van der Waals surface area contributed by atoms with Crippen LogP contribution >= 0.6 is 0 Å². The van der Waals surface area contributed by atoms with E-state index in [-0.39, 0.29) is 5.88 Å². The Bertz CT molecular complexity index is 1110. The van der Waals surface area contributed by atoms with Gasteiger partial charge in [-0.3, -0.25) is 0 Å². The molecule has 4 aromatic rings. The zero-order valence-electron chi connectivity index (χ0n) is 14.3. The van der Waals surface area contributed by atoms with Crippen LogP contribution in [-0.4, -0.2) is 15.0 Å². The summed E-state index contributed by atoms with van der Waals surface area (Å²) in [4.78, 5) is 11.9. The molecule has 0 aliphatic heterocycles. The lowest BCUT2D eigenvalue weighted by atomic mass is 10.2. The molecule has 4 rings (SSSR count). The molecule has 0 spiro atoms. The van der Waals surface area contributed by atoms with Crippen molar-refractivity contribution in [1.29, 1.82) is 0 Å². The Balaban J connectivity index is 1.51. The van der Waals surface area contributed by atoms with Crippen molar-refractivity contribution in [2.75, 3.05) is 5.32 Å². The molecule has 28 heavy (non-hydrogen) atoms. The van der Waals surface area contributed by atoms with E-state index in [1.165, 1.54) is 18.5 Å². The number of pyridine rings is 1. The maximum absolute atomic E-state index is 12.7. The maximum Gasteiger partial charge on any atom is 0.433 e. The van der Waals surface area contributed by atoms with E-state index in [0.29, 0.717) is 11.6 Å². The van der Waals surface area contributed by atoms with Crippen molar-refractivity contribution in [3.63, 3.8) is 0 Å². The van der Waals surface area contributed by atoms with Gasteiger partial charge in [0.05, 0.1) is 5.52 Å². The van der Waals surface area contributed by atoms with Crippen molar-refractivity contribution in [2.24, 2.45) is 0 Å². The number of aromatic nitrogens is 3. The van der Waals surface area contributed by atoms with Crippen LogP contribution in [0.15, 0.2) is 73.1 Å². The first-order valence-electron chi connectivity index (χ1n) is 8.28. The molecule has 0 aliphatic rings. The Morgan fingerprint density at radius 1 is 0.821 bits per heavy atom. The molecule has 0 fully saturated rings. The van der Waals surface area contributed by atoms with Gasteiger partial charge in [0.2, 0.25) is 5.88 Å². The third-order valence-corrected chi connectivity index (χ3v) is 3.90. The smallest absolute Gasteiger partial charge is 0.433 e. The molecule has 5 nitrogen and oxygen atoms in total. The van der Waals surface area contributed by atoms with Crippen molar-refractivity contribution < 1.29 is 17.9 Å². The van der Waals surface area contributed by atoms with Crippen molar-refractivity contribution >= 4 is 22.4 Å². The maximum atomic E-state index is 12.7. The fourth-order valence-electron chi connectivity index (χ4n) is 2.60. The first-order chi connectivity index (χ1) is 13.5. The lowest BCUT2D eigenvalue weighted by molar-refractivity contribution is -0.141. The van der Waals surface area contributed by atoms with Gasteiger partial charge in [0.15, 0.2) is 0 Å². The number of rotatable bonds is 4. The number of hydrogen-bond donors (Lipinski definition) is 1. The molecule has 2 heterocycles. The van der Waals surface area contributed by atoms with Gasteiger partial charge in [0.25, 0.3) is 0 Å². The van der Waals surface area contributed by atoms with Crippen LogP contribution in [0.1, 0.15) is 5.69 Å². The second-order valence-electron chi connectivity index (χ2n) is 5.85. The van der Waals surface area contributed by atoms with Gasteiger partial charge in [0.1, 0.15) is 23.6 Å². The Kier molecular flexibility index (Phi) is 4.52. The number of ether oxygens (including phenoxy) is 1. The van der Waals surface area contributed by atoms with Crippen LogP contribution in [0.4, 0.5) is 24.7 Å². The Labute approximate surface area is 157 Å². The minimum Gasteiger partial charge on any atom is -0.439 e. The molecular weight excluding hydrogens is 369 g/mol. The van der Waals surface area contributed by atoms with Crippen molar-refractivity contribution in [3.05, 3.63) is 78.8 Å². The molecule has 0 unspecified atom stereocenters. The van der Waals surface area contributed by atoms with Crippen LogP contribution in [0.3, 0.4) is 0 Å². The van der Waals surface area contributed by atoms with E-state index in [1.807, 2.05) is 24.3 Å². The van der Waals surface area contributed by atoms with Crippen LogP contribution in [0.5, 0.6) is 11.6 Å². The number of anilines is 2. The van der Waals surface area contributed by atoms with Crippen molar-refractivity contribution in [2.45, 2.75) is 6.18 Å². The van der Waals surface area contributed by atoms with Gasteiger partial charge in [-0.1, -0.05) is 18.2 Å². The van der Waals surface area contributed by atoms with Crippen molar-refractivity contribution in [1.82, 2.24) is 15.0 Å². The van der Waals surface area contributed by atoms with Gasteiger partial charge in [-0.15, -0.1) is 0 Å².